The van der Waals surface area contributed by atoms with E-state index in [0.29, 0.717) is 48.4 Å². The smallest absolute Gasteiger partial charge is 0.391 e. The molecule has 2 heterocycles. The highest BCUT2D eigenvalue weighted by Crippen LogP contribution is 2.33. The van der Waals surface area contributed by atoms with E-state index in [0.717, 1.165) is 17.8 Å². The number of hydrogen-bond donors (Lipinski definition) is 0. The largest absolute Gasteiger partial charge is 0.417 e. The molecule has 1 aromatic carbocycles. The van der Waals surface area contributed by atoms with E-state index < -0.39 is 11.7 Å². The second-order valence-electron chi connectivity index (χ2n) is 6.27. The first-order valence-corrected chi connectivity index (χ1v) is 9.03. The second-order valence-corrected chi connectivity index (χ2v) is 6.70. The molecule has 0 aliphatic carbocycles. The lowest BCUT2D eigenvalue weighted by molar-refractivity contribution is -0.137. The molecule has 0 N–H and O–H groups in total. The maximum absolute atomic E-state index is 13.1. The molecule has 1 fully saturated rings. The Hall–Kier alpha value is -2.32. The average molecular weight is 414 g/mol. The van der Waals surface area contributed by atoms with Crippen LogP contribution in [0.5, 0.6) is 0 Å². The number of alkyl halides is 3. The van der Waals surface area contributed by atoms with Gasteiger partial charge in [-0.1, -0.05) is 28.9 Å². The number of morpholine rings is 1. The van der Waals surface area contributed by atoms with Gasteiger partial charge in [0.25, 0.3) is 0 Å². The minimum Gasteiger partial charge on any atom is -0.391 e. The zero-order valence-electron chi connectivity index (χ0n) is 15.2. The van der Waals surface area contributed by atoms with E-state index >= 15 is 0 Å². The van der Waals surface area contributed by atoms with Crippen LogP contribution in [0.25, 0.3) is 0 Å². The molecule has 150 valence electrons. The maximum atomic E-state index is 13.1. The summed E-state index contributed by atoms with van der Waals surface area (Å²) in [6, 6.07) is 8.20. The van der Waals surface area contributed by atoms with Crippen LogP contribution in [0, 0.1) is 0 Å². The molecule has 5 nitrogen and oxygen atoms in total. The van der Waals surface area contributed by atoms with Gasteiger partial charge < -0.3 is 14.5 Å². The zero-order chi connectivity index (χ0) is 20.1. The fourth-order valence-corrected chi connectivity index (χ4v) is 2.89. The lowest BCUT2D eigenvalue weighted by atomic mass is 10.1. The van der Waals surface area contributed by atoms with E-state index in [4.69, 9.17) is 21.2 Å². The van der Waals surface area contributed by atoms with Crippen LogP contribution in [0.1, 0.15) is 23.7 Å². The van der Waals surface area contributed by atoms with E-state index in [1.165, 1.54) is 0 Å². The molecule has 0 spiro atoms. The van der Waals surface area contributed by atoms with Crippen LogP contribution in [0.2, 0.25) is 5.02 Å². The number of rotatable bonds is 5. The lowest BCUT2D eigenvalue weighted by Crippen LogP contribution is -2.37. The molecule has 2 aromatic rings. The Morgan fingerprint density at radius 3 is 2.57 bits per heavy atom. The summed E-state index contributed by atoms with van der Waals surface area (Å²) in [6.45, 7) is 3.71. The maximum Gasteiger partial charge on any atom is 0.417 e. The van der Waals surface area contributed by atoms with Gasteiger partial charge in [0.05, 0.1) is 24.5 Å². The number of anilines is 1. The molecule has 3 rings (SSSR count). The van der Waals surface area contributed by atoms with Crippen molar-refractivity contribution in [2.45, 2.75) is 19.7 Å². The highest BCUT2D eigenvalue weighted by Gasteiger charge is 2.33. The Morgan fingerprint density at radius 1 is 1.25 bits per heavy atom. The van der Waals surface area contributed by atoms with Crippen LogP contribution < -0.4 is 4.90 Å². The molecule has 0 radical (unpaired) electrons. The van der Waals surface area contributed by atoms with E-state index in [1.54, 1.807) is 19.1 Å². The summed E-state index contributed by atoms with van der Waals surface area (Å²) in [7, 11) is 0. The van der Waals surface area contributed by atoms with Crippen molar-refractivity contribution >= 4 is 23.0 Å². The molecule has 1 aliphatic heterocycles. The molecule has 28 heavy (non-hydrogen) atoms. The molecular weight excluding hydrogens is 395 g/mol. The van der Waals surface area contributed by atoms with Gasteiger partial charge >= 0.3 is 6.18 Å². The van der Waals surface area contributed by atoms with Crippen LogP contribution >= 0.6 is 11.6 Å². The molecule has 1 saturated heterocycles. The van der Waals surface area contributed by atoms with Crippen molar-refractivity contribution < 1.29 is 22.7 Å². The number of ether oxygens (including phenoxy) is 1. The van der Waals surface area contributed by atoms with Crippen LogP contribution in [-0.2, 0) is 22.4 Å². The van der Waals surface area contributed by atoms with Gasteiger partial charge in [-0.05, 0) is 30.7 Å². The van der Waals surface area contributed by atoms with Gasteiger partial charge in [-0.15, -0.1) is 0 Å². The summed E-state index contributed by atoms with van der Waals surface area (Å²) in [5.74, 6) is 0. The number of benzene rings is 1. The van der Waals surface area contributed by atoms with Gasteiger partial charge in [0.1, 0.15) is 18.0 Å². The normalized spacial score (nSPS) is 15.6. The van der Waals surface area contributed by atoms with E-state index in [9.17, 15) is 13.2 Å². The van der Waals surface area contributed by atoms with Crippen molar-refractivity contribution in [1.29, 1.82) is 0 Å². The molecule has 0 amide bonds. The molecule has 0 saturated carbocycles. The quantitative estimate of drug-likeness (QED) is 0.533. The summed E-state index contributed by atoms with van der Waals surface area (Å²) in [5.41, 5.74) is 1.19. The van der Waals surface area contributed by atoms with E-state index in [2.05, 4.69) is 10.1 Å². The first-order chi connectivity index (χ1) is 13.3. The summed E-state index contributed by atoms with van der Waals surface area (Å²) >= 11 is 5.84. The highest BCUT2D eigenvalue weighted by molar-refractivity contribution is 6.30. The molecular formula is C19H19ClF3N3O2. The third kappa shape index (κ3) is 5.14. The SMILES string of the molecule is C/C(=N/OCc1ccc(Cl)cc1)c1ncc(C(F)(F)F)cc1N1CCOCC1. The van der Waals surface area contributed by atoms with Crippen LogP contribution in [0.4, 0.5) is 18.9 Å². The first-order valence-electron chi connectivity index (χ1n) is 8.66. The molecule has 9 heteroatoms. The number of aromatic nitrogens is 1. The topological polar surface area (TPSA) is 47.0 Å². The standard InChI is InChI=1S/C19H19ClF3N3O2/c1-13(25-28-12-14-2-4-16(20)5-3-14)18-17(26-6-8-27-9-7-26)10-15(11-24-18)19(21,22)23/h2-5,10-11H,6-9,12H2,1H3/b25-13-. The van der Waals surface area contributed by atoms with Crippen molar-refractivity contribution in [1.82, 2.24) is 4.98 Å². The fraction of sp³-hybridized carbons (Fsp3) is 0.368. The monoisotopic (exact) mass is 413 g/mol. The number of halogens is 4. The van der Waals surface area contributed by atoms with Crippen LogP contribution in [-0.4, -0.2) is 37.0 Å². The van der Waals surface area contributed by atoms with Gasteiger partial charge in [0.15, 0.2) is 0 Å². The summed E-state index contributed by atoms with van der Waals surface area (Å²) in [4.78, 5) is 11.2. The van der Waals surface area contributed by atoms with Crippen molar-refractivity contribution in [3.8, 4) is 0 Å². The summed E-state index contributed by atoms with van der Waals surface area (Å²) < 4.78 is 44.7. The Labute approximate surface area is 165 Å². The minimum absolute atomic E-state index is 0.210. The Morgan fingerprint density at radius 2 is 1.93 bits per heavy atom. The molecule has 0 atom stereocenters. The number of pyridine rings is 1. The van der Waals surface area contributed by atoms with Gasteiger partial charge in [-0.3, -0.25) is 4.98 Å². The predicted molar refractivity (Wildman–Crippen MR) is 101 cm³/mol. The first kappa shape index (κ1) is 20.4. The van der Waals surface area contributed by atoms with Gasteiger partial charge in [-0.2, -0.15) is 13.2 Å². The molecule has 0 unspecified atom stereocenters. The third-order valence-corrected chi connectivity index (χ3v) is 4.49. The van der Waals surface area contributed by atoms with E-state index in [1.807, 2.05) is 17.0 Å². The Kier molecular flexibility index (Phi) is 6.41. The number of oxime groups is 1. The number of hydrogen-bond acceptors (Lipinski definition) is 5. The summed E-state index contributed by atoms with van der Waals surface area (Å²) in [6.07, 6.45) is -3.65. The van der Waals surface area contributed by atoms with E-state index in [-0.39, 0.29) is 6.61 Å². The van der Waals surface area contributed by atoms with Gasteiger partial charge in [0, 0.05) is 24.3 Å². The van der Waals surface area contributed by atoms with Crippen molar-refractivity contribution in [2.24, 2.45) is 5.16 Å². The summed E-state index contributed by atoms with van der Waals surface area (Å²) in [5, 5.41) is 4.66. The second kappa shape index (κ2) is 8.79. The molecule has 1 aliphatic rings. The fourth-order valence-electron chi connectivity index (χ4n) is 2.76. The predicted octanol–water partition coefficient (Wildman–Crippen LogP) is 4.53. The van der Waals surface area contributed by atoms with Gasteiger partial charge in [0.2, 0.25) is 0 Å². The van der Waals surface area contributed by atoms with Crippen LogP contribution in [0.15, 0.2) is 41.7 Å². The third-order valence-electron chi connectivity index (χ3n) is 4.24. The molecule has 1 aromatic heterocycles. The minimum atomic E-state index is -4.47. The van der Waals surface area contributed by atoms with Gasteiger partial charge in [-0.25, -0.2) is 0 Å². The van der Waals surface area contributed by atoms with Crippen molar-refractivity contribution in [3.05, 3.63) is 58.4 Å². The highest BCUT2D eigenvalue weighted by atomic mass is 35.5. The lowest BCUT2D eigenvalue weighted by Gasteiger charge is -2.30. The Bertz CT molecular complexity index is 835. The zero-order valence-corrected chi connectivity index (χ0v) is 15.9. The van der Waals surface area contributed by atoms with Crippen LogP contribution in [0.3, 0.4) is 0 Å². The van der Waals surface area contributed by atoms with Crippen molar-refractivity contribution in [3.63, 3.8) is 0 Å². The number of nitrogens with zero attached hydrogens (tertiary/aromatic N) is 3. The Balaban J connectivity index is 1.82. The van der Waals surface area contributed by atoms with Crippen molar-refractivity contribution in [2.75, 3.05) is 31.2 Å². The molecule has 0 bridgehead atoms. The average Bonchev–Trinajstić information content (AvgIpc) is 2.69.